The van der Waals surface area contributed by atoms with Crippen molar-refractivity contribution in [2.45, 2.75) is 20.2 Å². The summed E-state index contributed by atoms with van der Waals surface area (Å²) in [5.74, 6) is -0.640. The average Bonchev–Trinajstić information content (AvgIpc) is 2.36. The van der Waals surface area contributed by atoms with Crippen molar-refractivity contribution in [2.75, 3.05) is 20.1 Å². The quantitative estimate of drug-likeness (QED) is 0.910. The van der Waals surface area contributed by atoms with E-state index in [9.17, 15) is 18.0 Å². The Bertz CT molecular complexity index is 484. The van der Waals surface area contributed by atoms with Crippen LogP contribution in [0.4, 0.5) is 13.2 Å². The summed E-state index contributed by atoms with van der Waals surface area (Å²) in [6.45, 7) is 4.72. The van der Waals surface area contributed by atoms with Crippen LogP contribution in [0.25, 0.3) is 0 Å². The molecule has 0 unspecified atom stereocenters. The molecule has 0 spiro atoms. The van der Waals surface area contributed by atoms with E-state index >= 15 is 0 Å². The molecule has 0 aliphatic rings. The van der Waals surface area contributed by atoms with E-state index < -0.39 is 6.36 Å². The monoisotopic (exact) mass is 304 g/mol. The Balaban J connectivity index is 2.75. The Hall–Kier alpha value is -1.76. The fraction of sp³-hybridized carbons (Fsp3) is 0.500. The highest BCUT2D eigenvalue weighted by Gasteiger charge is 2.31. The molecular weight excluding hydrogens is 285 g/mol. The molecule has 0 bridgehead atoms. The molecule has 7 heteroatoms. The van der Waals surface area contributed by atoms with E-state index in [1.54, 1.807) is 7.05 Å². The van der Waals surface area contributed by atoms with E-state index in [1.165, 1.54) is 17.0 Å². The van der Waals surface area contributed by atoms with Gasteiger partial charge in [0.2, 0.25) is 0 Å². The Kier molecular flexibility index (Phi) is 5.22. The summed E-state index contributed by atoms with van der Waals surface area (Å²) < 4.78 is 39.9. The molecule has 1 amide bonds. The molecule has 1 rings (SSSR count). The number of hydrogen-bond acceptors (Lipinski definition) is 3. The lowest BCUT2D eigenvalue weighted by atomic mass is 9.93. The molecule has 0 saturated carbocycles. The second-order valence-corrected chi connectivity index (χ2v) is 5.60. The Morgan fingerprint density at radius 1 is 1.24 bits per heavy atom. The highest BCUT2D eigenvalue weighted by atomic mass is 19.4. The molecule has 118 valence electrons. The molecule has 0 saturated heterocycles. The van der Waals surface area contributed by atoms with E-state index in [0.717, 1.165) is 12.1 Å². The van der Waals surface area contributed by atoms with Crippen LogP contribution in [-0.2, 0) is 0 Å². The van der Waals surface area contributed by atoms with Crippen molar-refractivity contribution >= 4 is 5.91 Å². The highest BCUT2D eigenvalue weighted by molar-refractivity contribution is 5.94. The van der Waals surface area contributed by atoms with Gasteiger partial charge in [0.15, 0.2) is 0 Å². The first-order valence-electron chi connectivity index (χ1n) is 6.35. The number of rotatable bonds is 5. The number of ether oxygens (including phenoxy) is 1. The first-order chi connectivity index (χ1) is 9.54. The van der Waals surface area contributed by atoms with Gasteiger partial charge >= 0.3 is 6.36 Å². The maximum absolute atomic E-state index is 12.2. The van der Waals surface area contributed by atoms with Gasteiger partial charge in [-0.25, -0.2) is 0 Å². The van der Waals surface area contributed by atoms with E-state index in [2.05, 4.69) is 4.74 Å². The molecule has 1 aromatic carbocycles. The maximum Gasteiger partial charge on any atom is 0.573 e. The molecule has 0 heterocycles. The third-order valence-electron chi connectivity index (χ3n) is 2.90. The van der Waals surface area contributed by atoms with Crippen LogP contribution >= 0.6 is 0 Å². The van der Waals surface area contributed by atoms with Gasteiger partial charge in [0.05, 0.1) is 0 Å². The highest BCUT2D eigenvalue weighted by Crippen LogP contribution is 2.23. The first kappa shape index (κ1) is 17.3. The van der Waals surface area contributed by atoms with E-state index in [4.69, 9.17) is 5.73 Å². The van der Waals surface area contributed by atoms with Crippen LogP contribution in [0.2, 0.25) is 0 Å². The van der Waals surface area contributed by atoms with Gasteiger partial charge < -0.3 is 15.4 Å². The topological polar surface area (TPSA) is 55.6 Å². The third kappa shape index (κ3) is 5.63. The van der Waals surface area contributed by atoms with Crippen molar-refractivity contribution in [3.63, 3.8) is 0 Å². The molecule has 2 N–H and O–H groups in total. The fourth-order valence-corrected chi connectivity index (χ4v) is 1.80. The predicted octanol–water partition coefficient (Wildman–Crippen LogP) is 2.64. The Morgan fingerprint density at radius 3 is 2.19 bits per heavy atom. The van der Waals surface area contributed by atoms with Crippen LogP contribution < -0.4 is 10.5 Å². The zero-order chi connectivity index (χ0) is 16.3. The molecule has 0 atom stereocenters. The number of nitrogens with two attached hydrogens (primary N) is 1. The van der Waals surface area contributed by atoms with Gasteiger partial charge in [0, 0.05) is 19.2 Å². The van der Waals surface area contributed by atoms with Gasteiger partial charge in [0.1, 0.15) is 5.75 Å². The molecular formula is C14H19F3N2O2. The lowest BCUT2D eigenvalue weighted by molar-refractivity contribution is -0.274. The first-order valence-corrected chi connectivity index (χ1v) is 6.35. The van der Waals surface area contributed by atoms with E-state index in [0.29, 0.717) is 18.7 Å². The minimum atomic E-state index is -4.74. The number of hydrogen-bond donors (Lipinski definition) is 1. The van der Waals surface area contributed by atoms with Crippen molar-refractivity contribution < 1.29 is 22.7 Å². The van der Waals surface area contributed by atoms with E-state index in [-0.39, 0.29) is 17.1 Å². The van der Waals surface area contributed by atoms with Crippen molar-refractivity contribution in [1.82, 2.24) is 4.90 Å². The summed E-state index contributed by atoms with van der Waals surface area (Å²) in [4.78, 5) is 13.6. The van der Waals surface area contributed by atoms with Crippen LogP contribution in [0.15, 0.2) is 24.3 Å². The predicted molar refractivity (Wildman–Crippen MR) is 72.9 cm³/mol. The van der Waals surface area contributed by atoms with Crippen molar-refractivity contribution in [1.29, 1.82) is 0 Å². The number of benzene rings is 1. The summed E-state index contributed by atoms with van der Waals surface area (Å²) in [6, 6.07) is 4.83. The molecule has 21 heavy (non-hydrogen) atoms. The minimum absolute atomic E-state index is 0.232. The number of alkyl halides is 3. The molecule has 0 fully saturated rings. The van der Waals surface area contributed by atoms with Crippen LogP contribution in [0.3, 0.4) is 0 Å². The second-order valence-electron chi connectivity index (χ2n) is 5.60. The van der Waals surface area contributed by atoms with E-state index in [1.807, 2.05) is 13.8 Å². The number of nitrogens with zero attached hydrogens (tertiary/aromatic N) is 1. The van der Waals surface area contributed by atoms with Gasteiger partial charge in [-0.05, 0) is 36.2 Å². The minimum Gasteiger partial charge on any atom is -0.406 e. The summed E-state index contributed by atoms with van der Waals surface area (Å²) in [5.41, 5.74) is 5.67. The molecule has 0 radical (unpaired) electrons. The molecule has 0 aliphatic heterocycles. The number of carbonyl (C=O) groups is 1. The Labute approximate surface area is 121 Å². The Morgan fingerprint density at radius 2 is 1.76 bits per heavy atom. The second kappa shape index (κ2) is 6.34. The molecule has 4 nitrogen and oxygen atoms in total. The lowest BCUT2D eigenvalue weighted by Gasteiger charge is -2.29. The molecule has 0 aromatic heterocycles. The van der Waals surface area contributed by atoms with Crippen molar-refractivity contribution in [3.8, 4) is 5.75 Å². The van der Waals surface area contributed by atoms with Crippen LogP contribution in [0.5, 0.6) is 5.75 Å². The van der Waals surface area contributed by atoms with Crippen LogP contribution in [0.1, 0.15) is 24.2 Å². The van der Waals surface area contributed by atoms with Gasteiger partial charge in [-0.2, -0.15) is 0 Å². The summed E-state index contributed by atoms with van der Waals surface area (Å²) in [5, 5.41) is 0. The van der Waals surface area contributed by atoms with Gasteiger partial charge in [-0.1, -0.05) is 13.8 Å². The summed E-state index contributed by atoms with van der Waals surface area (Å²) in [7, 11) is 1.62. The molecule has 0 aliphatic carbocycles. The van der Waals surface area contributed by atoms with Crippen molar-refractivity contribution in [3.05, 3.63) is 29.8 Å². The lowest BCUT2D eigenvalue weighted by Crippen LogP contribution is -2.39. The fourth-order valence-electron chi connectivity index (χ4n) is 1.80. The van der Waals surface area contributed by atoms with Crippen LogP contribution in [0, 0.1) is 5.41 Å². The molecule has 1 aromatic rings. The van der Waals surface area contributed by atoms with Crippen molar-refractivity contribution in [2.24, 2.45) is 11.1 Å². The number of carbonyl (C=O) groups excluding carboxylic acids is 1. The van der Waals surface area contributed by atoms with Crippen LogP contribution in [-0.4, -0.2) is 37.3 Å². The summed E-state index contributed by atoms with van der Waals surface area (Å²) in [6.07, 6.45) is -4.74. The number of halogens is 3. The van der Waals surface area contributed by atoms with Gasteiger partial charge in [-0.15, -0.1) is 13.2 Å². The SMILES string of the molecule is CN(CC(C)(C)CN)C(=O)c1ccc(OC(F)(F)F)cc1. The average molecular weight is 304 g/mol. The third-order valence-corrected chi connectivity index (χ3v) is 2.90. The van der Waals surface area contributed by atoms with Gasteiger partial charge in [0.25, 0.3) is 5.91 Å². The maximum atomic E-state index is 12.2. The normalized spacial score (nSPS) is 12.1. The summed E-state index contributed by atoms with van der Waals surface area (Å²) >= 11 is 0. The standard InChI is InChI=1S/C14H19F3N2O2/c1-13(2,8-18)9-19(3)12(20)10-4-6-11(7-5-10)21-14(15,16)17/h4-7H,8-9,18H2,1-3H3. The largest absolute Gasteiger partial charge is 0.573 e. The zero-order valence-electron chi connectivity index (χ0n) is 12.2. The number of amides is 1. The zero-order valence-corrected chi connectivity index (χ0v) is 12.2. The smallest absolute Gasteiger partial charge is 0.406 e. The van der Waals surface area contributed by atoms with Gasteiger partial charge in [-0.3, -0.25) is 4.79 Å².